The molecule has 4 aromatic rings. The van der Waals surface area contributed by atoms with E-state index in [1.54, 1.807) is 23.5 Å². The highest BCUT2D eigenvalue weighted by Gasteiger charge is 2.19. The number of nitrogens with zero attached hydrogens (tertiary/aromatic N) is 4. The summed E-state index contributed by atoms with van der Waals surface area (Å²) in [7, 11) is 0. The molecule has 1 saturated heterocycles. The van der Waals surface area contributed by atoms with Crippen LogP contribution in [0, 0.1) is 0 Å². The lowest BCUT2D eigenvalue weighted by Crippen LogP contribution is -2.41. The van der Waals surface area contributed by atoms with Crippen LogP contribution in [0.4, 0.5) is 0 Å². The van der Waals surface area contributed by atoms with E-state index in [4.69, 9.17) is 14.6 Å². The fourth-order valence-corrected chi connectivity index (χ4v) is 3.88. The van der Waals surface area contributed by atoms with Crippen LogP contribution in [0.1, 0.15) is 10.5 Å². The van der Waals surface area contributed by atoms with Gasteiger partial charge in [-0.1, -0.05) is 12.1 Å². The Morgan fingerprint density at radius 1 is 1.00 bits per heavy atom. The molecular formula is C25H24N4O4. The van der Waals surface area contributed by atoms with Gasteiger partial charge in [-0.15, -0.1) is 0 Å². The van der Waals surface area contributed by atoms with E-state index in [2.05, 4.69) is 9.97 Å². The molecule has 0 radical (unpaired) electrons. The van der Waals surface area contributed by atoms with Gasteiger partial charge in [-0.05, 0) is 48.0 Å². The average molecular weight is 444 g/mol. The Labute approximate surface area is 191 Å². The van der Waals surface area contributed by atoms with Gasteiger partial charge in [0.25, 0.3) is 5.91 Å². The van der Waals surface area contributed by atoms with Crippen LogP contribution in [0.15, 0.2) is 67.1 Å². The number of carbonyl (C=O) groups excluding carboxylic acids is 1. The van der Waals surface area contributed by atoms with E-state index in [9.17, 15) is 4.79 Å². The maximum Gasteiger partial charge on any atom is 0.272 e. The average Bonchev–Trinajstić information content (AvgIpc) is 3.31. The lowest BCUT2D eigenvalue weighted by molar-refractivity contribution is 0.0299. The molecule has 0 saturated carbocycles. The maximum atomic E-state index is 12.6. The fraction of sp³-hybridized carbons (Fsp3) is 0.240. The number of imidazole rings is 1. The maximum absolute atomic E-state index is 12.6. The number of hydrogen-bond donors (Lipinski definition) is 1. The summed E-state index contributed by atoms with van der Waals surface area (Å²) in [6, 6.07) is 17.4. The number of ether oxygens (including phenoxy) is 2. The van der Waals surface area contributed by atoms with Crippen LogP contribution in [0.25, 0.3) is 27.8 Å². The van der Waals surface area contributed by atoms with Crippen molar-refractivity contribution in [3.05, 3.63) is 72.8 Å². The Morgan fingerprint density at radius 2 is 1.79 bits per heavy atom. The molecule has 0 bridgehead atoms. The monoisotopic (exact) mass is 444 g/mol. The Balaban J connectivity index is 1.35. The van der Waals surface area contributed by atoms with E-state index >= 15 is 0 Å². The van der Waals surface area contributed by atoms with Crippen molar-refractivity contribution in [2.75, 3.05) is 39.5 Å². The van der Waals surface area contributed by atoms with Crippen LogP contribution >= 0.6 is 0 Å². The number of aromatic nitrogens is 3. The molecule has 0 spiro atoms. The van der Waals surface area contributed by atoms with Gasteiger partial charge in [0.2, 0.25) is 0 Å². The Morgan fingerprint density at radius 3 is 2.52 bits per heavy atom. The summed E-state index contributed by atoms with van der Waals surface area (Å²) in [4.78, 5) is 23.4. The van der Waals surface area contributed by atoms with Crippen molar-refractivity contribution in [2.45, 2.75) is 0 Å². The zero-order valence-electron chi connectivity index (χ0n) is 18.1. The van der Waals surface area contributed by atoms with Gasteiger partial charge in [-0.25, -0.2) is 4.98 Å². The molecule has 3 heterocycles. The molecule has 5 rings (SSSR count). The minimum Gasteiger partial charge on any atom is -0.491 e. The van der Waals surface area contributed by atoms with Crippen molar-refractivity contribution in [3.8, 4) is 22.6 Å². The van der Waals surface area contributed by atoms with Crippen molar-refractivity contribution >= 4 is 16.9 Å². The molecule has 1 aliphatic heterocycles. The van der Waals surface area contributed by atoms with E-state index < -0.39 is 0 Å². The molecule has 168 valence electrons. The summed E-state index contributed by atoms with van der Waals surface area (Å²) in [6.07, 6.45) is 3.53. The van der Waals surface area contributed by atoms with Crippen LogP contribution in [0.3, 0.4) is 0 Å². The first-order valence-corrected chi connectivity index (χ1v) is 10.9. The van der Waals surface area contributed by atoms with E-state index in [-0.39, 0.29) is 19.1 Å². The van der Waals surface area contributed by atoms with Gasteiger partial charge in [-0.2, -0.15) is 0 Å². The van der Waals surface area contributed by atoms with Crippen LogP contribution < -0.4 is 4.74 Å². The largest absolute Gasteiger partial charge is 0.491 e. The molecule has 2 aromatic carbocycles. The minimum absolute atomic E-state index is 0.0152. The smallest absolute Gasteiger partial charge is 0.272 e. The van der Waals surface area contributed by atoms with Gasteiger partial charge < -0.3 is 19.5 Å². The predicted molar refractivity (Wildman–Crippen MR) is 124 cm³/mol. The number of aliphatic hydroxyl groups excluding tert-OH is 1. The third kappa shape index (κ3) is 4.44. The van der Waals surface area contributed by atoms with E-state index in [1.807, 2.05) is 53.1 Å². The number of hydrogen-bond acceptors (Lipinski definition) is 6. The first kappa shape index (κ1) is 21.1. The third-order valence-corrected chi connectivity index (χ3v) is 5.64. The van der Waals surface area contributed by atoms with Gasteiger partial charge in [0, 0.05) is 30.5 Å². The number of aliphatic hydroxyl groups is 1. The van der Waals surface area contributed by atoms with Crippen molar-refractivity contribution in [1.29, 1.82) is 0 Å². The van der Waals surface area contributed by atoms with Gasteiger partial charge in [0.05, 0.1) is 30.9 Å². The highest BCUT2D eigenvalue weighted by atomic mass is 16.5. The lowest BCUT2D eigenvalue weighted by atomic mass is 10.1. The minimum atomic E-state index is -0.0631. The molecule has 8 heteroatoms. The van der Waals surface area contributed by atoms with Gasteiger partial charge in [0.15, 0.2) is 0 Å². The summed E-state index contributed by atoms with van der Waals surface area (Å²) in [5.41, 5.74) is 5.16. The van der Waals surface area contributed by atoms with Crippen LogP contribution in [-0.4, -0.2) is 70.0 Å². The number of amides is 1. The van der Waals surface area contributed by atoms with Gasteiger partial charge in [-0.3, -0.25) is 14.3 Å². The molecule has 33 heavy (non-hydrogen) atoms. The summed E-state index contributed by atoms with van der Waals surface area (Å²) in [6.45, 7) is 2.59. The zero-order chi connectivity index (χ0) is 22.6. The number of benzene rings is 2. The van der Waals surface area contributed by atoms with Crippen molar-refractivity contribution in [1.82, 2.24) is 19.4 Å². The molecule has 8 nitrogen and oxygen atoms in total. The highest BCUT2D eigenvalue weighted by Crippen LogP contribution is 2.26. The summed E-state index contributed by atoms with van der Waals surface area (Å²) in [5.74, 6) is 0.648. The molecule has 1 amide bonds. The third-order valence-electron chi connectivity index (χ3n) is 5.64. The summed E-state index contributed by atoms with van der Waals surface area (Å²) >= 11 is 0. The molecular weight excluding hydrogens is 420 g/mol. The second-order valence-electron chi connectivity index (χ2n) is 7.72. The van der Waals surface area contributed by atoms with Crippen LogP contribution in [-0.2, 0) is 4.74 Å². The molecule has 0 unspecified atom stereocenters. The van der Waals surface area contributed by atoms with Crippen molar-refractivity contribution < 1.29 is 19.4 Å². The standard InChI is InChI=1S/C25H24N4O4/c30-11-14-33-21-5-3-20(4-6-21)29-17-27-23-15-18(2-8-24(23)29)19-1-7-22(26-16-19)25(31)28-9-12-32-13-10-28/h1-8,15-17,30H,9-14H2. The van der Waals surface area contributed by atoms with Gasteiger partial charge in [0.1, 0.15) is 24.4 Å². The lowest BCUT2D eigenvalue weighted by Gasteiger charge is -2.26. The normalized spacial score (nSPS) is 13.9. The molecule has 0 atom stereocenters. The molecule has 1 aliphatic rings. The molecule has 1 fully saturated rings. The van der Waals surface area contributed by atoms with Crippen molar-refractivity contribution in [3.63, 3.8) is 0 Å². The Bertz CT molecular complexity index is 1250. The van der Waals surface area contributed by atoms with Crippen LogP contribution in [0.2, 0.25) is 0 Å². The number of pyridine rings is 1. The molecule has 2 aromatic heterocycles. The summed E-state index contributed by atoms with van der Waals surface area (Å²) < 4.78 is 12.7. The second-order valence-corrected chi connectivity index (χ2v) is 7.72. The zero-order valence-corrected chi connectivity index (χ0v) is 18.1. The van der Waals surface area contributed by atoms with E-state index in [0.717, 1.165) is 27.8 Å². The number of rotatable bonds is 6. The summed E-state index contributed by atoms with van der Waals surface area (Å²) in [5, 5.41) is 8.89. The van der Waals surface area contributed by atoms with Gasteiger partial charge >= 0.3 is 0 Å². The Kier molecular flexibility index (Phi) is 6.01. The van der Waals surface area contributed by atoms with E-state index in [0.29, 0.717) is 37.7 Å². The highest BCUT2D eigenvalue weighted by molar-refractivity contribution is 5.93. The SMILES string of the molecule is O=C(c1ccc(-c2ccc3c(c2)ncn3-c2ccc(OCCO)cc2)cn1)N1CCOCC1. The number of fused-ring (bicyclic) bond motifs is 1. The second kappa shape index (κ2) is 9.40. The quantitative estimate of drug-likeness (QED) is 0.492. The first-order valence-electron chi connectivity index (χ1n) is 10.9. The molecule has 0 aliphatic carbocycles. The predicted octanol–water partition coefficient (Wildman–Crippen LogP) is 2.93. The number of morpholine rings is 1. The first-order chi connectivity index (χ1) is 16.2. The number of carbonyl (C=O) groups is 1. The topological polar surface area (TPSA) is 89.7 Å². The van der Waals surface area contributed by atoms with E-state index in [1.165, 1.54) is 0 Å². The molecule has 1 N–H and O–H groups in total. The fourth-order valence-electron chi connectivity index (χ4n) is 3.88. The van der Waals surface area contributed by atoms with Crippen molar-refractivity contribution in [2.24, 2.45) is 0 Å². The Hall–Kier alpha value is -3.75. The van der Waals surface area contributed by atoms with Crippen LogP contribution in [0.5, 0.6) is 5.75 Å².